The van der Waals surface area contributed by atoms with E-state index < -0.39 is 10.0 Å². The summed E-state index contributed by atoms with van der Waals surface area (Å²) in [5, 5.41) is 0.454. The lowest BCUT2D eigenvalue weighted by Gasteiger charge is -2.21. The van der Waals surface area contributed by atoms with Crippen molar-refractivity contribution in [3.63, 3.8) is 0 Å². The quantitative estimate of drug-likeness (QED) is 0.667. The van der Waals surface area contributed by atoms with Crippen LogP contribution < -0.4 is 0 Å². The van der Waals surface area contributed by atoms with Crippen LogP contribution in [0.3, 0.4) is 0 Å². The minimum atomic E-state index is -3.71. The number of nitrogens with zero attached hydrogens (tertiary/aromatic N) is 2. The van der Waals surface area contributed by atoms with Crippen LogP contribution in [0.1, 0.15) is 6.42 Å². The second kappa shape index (κ2) is 8.47. The molecule has 1 aromatic carbocycles. The van der Waals surface area contributed by atoms with Gasteiger partial charge in [-0.15, -0.1) is 0 Å². The molecular formula is C14H21ClN2O4S. The van der Waals surface area contributed by atoms with Gasteiger partial charge < -0.3 is 9.64 Å². The first-order valence-corrected chi connectivity index (χ1v) is 8.55. The minimum Gasteiger partial charge on any atom is -0.385 e. The molecule has 0 unspecified atom stereocenters. The molecule has 1 amide bonds. The van der Waals surface area contributed by atoms with E-state index in [4.69, 9.17) is 16.3 Å². The Kier molecular flexibility index (Phi) is 7.28. The number of carbonyl (C=O) groups excluding carboxylic acids is 1. The second-order valence-electron chi connectivity index (χ2n) is 4.88. The topological polar surface area (TPSA) is 66.9 Å². The maximum Gasteiger partial charge on any atom is 0.243 e. The summed E-state index contributed by atoms with van der Waals surface area (Å²) in [5.74, 6) is -0.267. The number of benzene rings is 1. The van der Waals surface area contributed by atoms with Gasteiger partial charge in [-0.2, -0.15) is 4.31 Å². The fourth-order valence-corrected chi connectivity index (χ4v) is 3.00. The van der Waals surface area contributed by atoms with Gasteiger partial charge in [-0.3, -0.25) is 4.79 Å². The van der Waals surface area contributed by atoms with Crippen molar-refractivity contribution in [2.45, 2.75) is 11.3 Å². The highest BCUT2D eigenvalue weighted by Crippen LogP contribution is 2.17. The predicted molar refractivity (Wildman–Crippen MR) is 85.4 cm³/mol. The number of methoxy groups -OCH3 is 1. The van der Waals surface area contributed by atoms with Gasteiger partial charge in [0.15, 0.2) is 0 Å². The normalized spacial score (nSPS) is 11.7. The van der Waals surface area contributed by atoms with Crippen LogP contribution in [-0.2, 0) is 19.6 Å². The lowest BCUT2D eigenvalue weighted by molar-refractivity contribution is -0.130. The number of hydrogen-bond acceptors (Lipinski definition) is 4. The molecule has 0 aromatic heterocycles. The number of likely N-dealkylation sites (N-methyl/N-ethyl adjacent to an activating group) is 2. The fraction of sp³-hybridized carbons (Fsp3) is 0.500. The van der Waals surface area contributed by atoms with Gasteiger partial charge in [-0.25, -0.2) is 8.42 Å². The van der Waals surface area contributed by atoms with Gasteiger partial charge in [0.05, 0.1) is 11.4 Å². The predicted octanol–water partition coefficient (Wildman–Crippen LogP) is 1.46. The number of rotatable bonds is 8. The number of hydrogen-bond donors (Lipinski definition) is 0. The van der Waals surface area contributed by atoms with E-state index in [0.29, 0.717) is 24.6 Å². The Morgan fingerprint density at radius 2 is 1.82 bits per heavy atom. The number of halogens is 1. The summed E-state index contributed by atoms with van der Waals surface area (Å²) >= 11 is 5.75. The van der Waals surface area contributed by atoms with Gasteiger partial charge >= 0.3 is 0 Å². The lowest BCUT2D eigenvalue weighted by atomic mass is 10.4. The zero-order chi connectivity index (χ0) is 16.8. The molecule has 0 saturated carbocycles. The zero-order valence-corrected chi connectivity index (χ0v) is 14.5. The van der Waals surface area contributed by atoms with Crippen molar-refractivity contribution in [1.82, 2.24) is 9.21 Å². The molecule has 0 aliphatic heterocycles. The third kappa shape index (κ3) is 5.24. The third-order valence-corrected chi connectivity index (χ3v) is 5.22. The maximum atomic E-state index is 12.4. The molecule has 0 fully saturated rings. The van der Waals surface area contributed by atoms with Crippen LogP contribution in [0.2, 0.25) is 5.02 Å². The fourth-order valence-electron chi connectivity index (χ4n) is 1.75. The molecule has 6 nitrogen and oxygen atoms in total. The summed E-state index contributed by atoms with van der Waals surface area (Å²) in [4.78, 5) is 13.6. The summed E-state index contributed by atoms with van der Waals surface area (Å²) in [6, 6.07) is 5.84. The van der Waals surface area contributed by atoms with E-state index in [2.05, 4.69) is 0 Å². The summed E-state index contributed by atoms with van der Waals surface area (Å²) in [7, 11) is 0.904. The molecule has 0 heterocycles. The van der Waals surface area contributed by atoms with E-state index in [1.54, 1.807) is 14.2 Å². The molecule has 0 saturated heterocycles. The van der Waals surface area contributed by atoms with Crippen LogP contribution in [-0.4, -0.2) is 64.4 Å². The Labute approximate surface area is 136 Å². The summed E-state index contributed by atoms with van der Waals surface area (Å²) in [5.41, 5.74) is 0. The monoisotopic (exact) mass is 348 g/mol. The van der Waals surface area contributed by atoms with E-state index in [9.17, 15) is 13.2 Å². The van der Waals surface area contributed by atoms with Crippen LogP contribution >= 0.6 is 11.6 Å². The first-order chi connectivity index (χ1) is 10.3. The molecule has 0 spiro atoms. The Morgan fingerprint density at radius 3 is 2.36 bits per heavy atom. The summed E-state index contributed by atoms with van der Waals surface area (Å²) in [6.45, 7) is 0.854. The smallest absolute Gasteiger partial charge is 0.243 e. The van der Waals surface area contributed by atoms with Crippen molar-refractivity contribution in [3.05, 3.63) is 29.3 Å². The van der Waals surface area contributed by atoms with Crippen LogP contribution in [0.25, 0.3) is 0 Å². The average Bonchev–Trinajstić information content (AvgIpc) is 2.47. The van der Waals surface area contributed by atoms with E-state index in [1.807, 2.05) is 0 Å². The van der Waals surface area contributed by atoms with Crippen molar-refractivity contribution in [2.75, 3.05) is 40.9 Å². The van der Waals surface area contributed by atoms with Crippen molar-refractivity contribution in [2.24, 2.45) is 0 Å². The highest BCUT2D eigenvalue weighted by Gasteiger charge is 2.24. The molecule has 22 heavy (non-hydrogen) atoms. The van der Waals surface area contributed by atoms with Crippen molar-refractivity contribution < 1.29 is 17.9 Å². The van der Waals surface area contributed by atoms with Gasteiger partial charge in [0.2, 0.25) is 15.9 Å². The van der Waals surface area contributed by atoms with Crippen molar-refractivity contribution in [1.29, 1.82) is 0 Å². The summed E-state index contributed by atoms with van der Waals surface area (Å²) < 4.78 is 30.7. The number of ether oxygens (including phenoxy) is 1. The van der Waals surface area contributed by atoms with Gasteiger partial charge in [0.25, 0.3) is 0 Å². The molecule has 0 aliphatic rings. The molecule has 8 heteroatoms. The highest BCUT2D eigenvalue weighted by atomic mass is 35.5. The first-order valence-electron chi connectivity index (χ1n) is 6.74. The molecular weight excluding hydrogens is 328 g/mol. The van der Waals surface area contributed by atoms with E-state index in [-0.39, 0.29) is 17.3 Å². The second-order valence-corrected chi connectivity index (χ2v) is 7.36. The molecule has 0 bridgehead atoms. The summed E-state index contributed by atoms with van der Waals surface area (Å²) in [6.07, 6.45) is 0.701. The molecule has 1 aromatic rings. The molecule has 0 N–H and O–H groups in total. The molecule has 0 radical (unpaired) electrons. The first kappa shape index (κ1) is 18.9. The van der Waals surface area contributed by atoms with Crippen molar-refractivity contribution >= 4 is 27.5 Å². The Morgan fingerprint density at radius 1 is 1.23 bits per heavy atom. The lowest BCUT2D eigenvalue weighted by Crippen LogP contribution is -2.39. The van der Waals surface area contributed by atoms with E-state index in [1.165, 1.54) is 36.2 Å². The largest absolute Gasteiger partial charge is 0.385 e. The molecule has 0 atom stereocenters. The molecule has 124 valence electrons. The van der Waals surface area contributed by atoms with Crippen molar-refractivity contribution in [3.8, 4) is 0 Å². The Hall–Kier alpha value is -1.15. The maximum absolute atomic E-state index is 12.4. The average molecular weight is 349 g/mol. The van der Waals surface area contributed by atoms with Crippen LogP contribution in [0, 0.1) is 0 Å². The van der Waals surface area contributed by atoms with Gasteiger partial charge in [0, 0.05) is 39.4 Å². The molecule has 1 rings (SSSR count). The van der Waals surface area contributed by atoms with E-state index >= 15 is 0 Å². The minimum absolute atomic E-state index is 0.106. The number of carbonyl (C=O) groups is 1. The number of amides is 1. The Balaban J connectivity index is 2.68. The van der Waals surface area contributed by atoms with Gasteiger partial charge in [-0.05, 0) is 30.7 Å². The highest BCUT2D eigenvalue weighted by molar-refractivity contribution is 7.89. The van der Waals surface area contributed by atoms with Crippen LogP contribution in [0.5, 0.6) is 0 Å². The standard InChI is InChI=1S/C14H21ClN2O4S/c1-16(9-4-10-21-3)14(18)11-17(2)22(19,20)13-7-5-12(15)6-8-13/h5-8H,4,9-11H2,1-3H3. The van der Waals surface area contributed by atoms with Gasteiger partial charge in [-0.1, -0.05) is 11.6 Å². The van der Waals surface area contributed by atoms with Gasteiger partial charge in [0.1, 0.15) is 0 Å². The zero-order valence-electron chi connectivity index (χ0n) is 13.0. The Bertz CT molecular complexity index is 589. The SMILES string of the molecule is COCCCN(C)C(=O)CN(C)S(=O)(=O)c1ccc(Cl)cc1. The van der Waals surface area contributed by atoms with Crippen LogP contribution in [0.4, 0.5) is 0 Å². The van der Waals surface area contributed by atoms with E-state index in [0.717, 1.165) is 4.31 Å². The third-order valence-electron chi connectivity index (χ3n) is 3.15. The van der Waals surface area contributed by atoms with Crippen LogP contribution in [0.15, 0.2) is 29.2 Å². The molecule has 0 aliphatic carbocycles. The number of sulfonamides is 1.